The number of nitrogens with one attached hydrogen (secondary N) is 1. The van der Waals surface area contributed by atoms with Gasteiger partial charge in [-0.3, -0.25) is 9.69 Å². The Morgan fingerprint density at radius 3 is 2.63 bits per heavy atom. The van der Waals surface area contributed by atoms with Crippen LogP contribution in [-0.4, -0.2) is 48.8 Å². The molecule has 3 aliphatic rings. The summed E-state index contributed by atoms with van der Waals surface area (Å²) in [6.07, 6.45) is 5.31. The van der Waals surface area contributed by atoms with Gasteiger partial charge in [-0.25, -0.2) is 13.4 Å². The zero-order valence-corrected chi connectivity index (χ0v) is 17.1. The maximum atomic E-state index is 12.8. The molecule has 0 radical (unpaired) electrons. The second-order valence-corrected chi connectivity index (χ2v) is 11.1. The van der Waals surface area contributed by atoms with Crippen molar-refractivity contribution in [1.82, 2.24) is 9.88 Å². The number of carbonyl (C=O) groups excluding carboxylic acids is 1. The summed E-state index contributed by atoms with van der Waals surface area (Å²) in [6.45, 7) is 5.92. The van der Waals surface area contributed by atoms with E-state index in [0.29, 0.717) is 24.8 Å². The lowest BCUT2D eigenvalue weighted by atomic mass is 9.86. The van der Waals surface area contributed by atoms with Crippen LogP contribution in [0.1, 0.15) is 49.9 Å². The van der Waals surface area contributed by atoms with Crippen molar-refractivity contribution in [2.24, 2.45) is 11.3 Å². The third kappa shape index (κ3) is 4.04. The van der Waals surface area contributed by atoms with Crippen molar-refractivity contribution in [2.45, 2.75) is 52.5 Å². The number of amides is 1. The van der Waals surface area contributed by atoms with Gasteiger partial charge in [-0.05, 0) is 55.2 Å². The van der Waals surface area contributed by atoms with Crippen molar-refractivity contribution in [2.75, 3.05) is 29.9 Å². The minimum atomic E-state index is -2.87. The van der Waals surface area contributed by atoms with Crippen LogP contribution in [0.4, 0.5) is 5.82 Å². The Morgan fingerprint density at radius 2 is 1.96 bits per heavy atom. The molecule has 1 N–H and O–H groups in total. The number of anilines is 1. The van der Waals surface area contributed by atoms with Crippen LogP contribution < -0.4 is 5.32 Å². The normalized spacial score (nSPS) is 22.4. The number of aromatic nitrogens is 1. The van der Waals surface area contributed by atoms with Crippen molar-refractivity contribution < 1.29 is 13.2 Å². The first-order chi connectivity index (χ1) is 12.7. The van der Waals surface area contributed by atoms with Gasteiger partial charge in [-0.15, -0.1) is 0 Å². The maximum Gasteiger partial charge on any atom is 0.231 e. The molecule has 0 aromatic carbocycles. The van der Waals surface area contributed by atoms with E-state index in [1.807, 2.05) is 19.9 Å². The van der Waals surface area contributed by atoms with Gasteiger partial charge in [0, 0.05) is 30.7 Å². The van der Waals surface area contributed by atoms with Gasteiger partial charge < -0.3 is 5.32 Å². The van der Waals surface area contributed by atoms with Crippen LogP contribution in [0, 0.1) is 11.3 Å². The highest BCUT2D eigenvalue weighted by atomic mass is 32.2. The van der Waals surface area contributed by atoms with E-state index in [-0.39, 0.29) is 22.8 Å². The van der Waals surface area contributed by atoms with Crippen molar-refractivity contribution >= 4 is 21.6 Å². The summed E-state index contributed by atoms with van der Waals surface area (Å²) in [6, 6.07) is 2.01. The second-order valence-electron chi connectivity index (χ2n) is 8.82. The molecule has 0 spiro atoms. The molecule has 0 unspecified atom stereocenters. The summed E-state index contributed by atoms with van der Waals surface area (Å²) in [5.74, 6) is 1.64. The van der Waals surface area contributed by atoms with E-state index in [1.165, 1.54) is 11.1 Å². The summed E-state index contributed by atoms with van der Waals surface area (Å²) in [7, 11) is -2.87. The summed E-state index contributed by atoms with van der Waals surface area (Å²) in [5.41, 5.74) is 3.22. The van der Waals surface area contributed by atoms with Gasteiger partial charge in [0.2, 0.25) is 5.91 Å². The zero-order chi connectivity index (χ0) is 19.2. The standard InChI is InChI=1S/C20H29N3O3S/c1-20(2,15-6-7-15)19(24)22-18-12-14(16-4-3-5-17(16)21-18)13-23-8-10-27(25,26)11-9-23/h12,15H,3-11,13H2,1-2H3,(H,21,22,24). The Labute approximate surface area is 161 Å². The predicted octanol–water partition coefficient (Wildman–Crippen LogP) is 2.18. The zero-order valence-electron chi connectivity index (χ0n) is 16.3. The van der Waals surface area contributed by atoms with Crippen molar-refractivity contribution in [3.05, 3.63) is 22.9 Å². The molecule has 1 aromatic rings. The number of pyridine rings is 1. The van der Waals surface area contributed by atoms with E-state index in [9.17, 15) is 13.2 Å². The number of hydrogen-bond donors (Lipinski definition) is 1. The van der Waals surface area contributed by atoms with Crippen LogP contribution in [0.5, 0.6) is 0 Å². The van der Waals surface area contributed by atoms with E-state index in [1.54, 1.807) is 0 Å². The number of hydrogen-bond acceptors (Lipinski definition) is 5. The van der Waals surface area contributed by atoms with E-state index in [4.69, 9.17) is 4.98 Å². The number of carbonyl (C=O) groups is 1. The van der Waals surface area contributed by atoms with Crippen molar-refractivity contribution in [3.8, 4) is 0 Å². The Balaban J connectivity index is 1.52. The Bertz CT molecular complexity index is 845. The summed E-state index contributed by atoms with van der Waals surface area (Å²) in [4.78, 5) is 19.7. The molecule has 1 saturated heterocycles. The first kappa shape index (κ1) is 18.9. The van der Waals surface area contributed by atoms with Crippen LogP contribution in [-0.2, 0) is 34.0 Å². The third-order valence-electron chi connectivity index (χ3n) is 6.40. The number of nitrogens with zero attached hydrogens (tertiary/aromatic N) is 2. The molecule has 7 heteroatoms. The first-order valence-corrected chi connectivity index (χ1v) is 11.8. The van der Waals surface area contributed by atoms with Gasteiger partial charge in [0.15, 0.2) is 9.84 Å². The van der Waals surface area contributed by atoms with E-state index in [0.717, 1.165) is 44.3 Å². The number of aryl methyl sites for hydroxylation is 1. The van der Waals surface area contributed by atoms with Crippen LogP contribution in [0.25, 0.3) is 0 Å². The minimum Gasteiger partial charge on any atom is -0.310 e. The molecule has 1 saturated carbocycles. The van der Waals surface area contributed by atoms with Gasteiger partial charge in [-0.2, -0.15) is 0 Å². The molecule has 0 bridgehead atoms. The number of fused-ring (bicyclic) bond motifs is 1. The maximum absolute atomic E-state index is 12.8. The summed E-state index contributed by atoms with van der Waals surface area (Å²) >= 11 is 0. The van der Waals surface area contributed by atoms with E-state index < -0.39 is 9.84 Å². The lowest BCUT2D eigenvalue weighted by Gasteiger charge is -2.28. The Kier molecular flexibility index (Phi) is 4.79. The van der Waals surface area contributed by atoms with Crippen LogP contribution >= 0.6 is 0 Å². The molecule has 2 aliphatic carbocycles. The quantitative estimate of drug-likeness (QED) is 0.832. The third-order valence-corrected chi connectivity index (χ3v) is 8.01. The van der Waals surface area contributed by atoms with Crippen LogP contribution in [0.3, 0.4) is 0 Å². The molecule has 6 nitrogen and oxygen atoms in total. The van der Waals surface area contributed by atoms with E-state index >= 15 is 0 Å². The van der Waals surface area contributed by atoms with Gasteiger partial charge in [-0.1, -0.05) is 13.8 Å². The Hall–Kier alpha value is -1.47. The SMILES string of the molecule is CC(C)(C(=O)Nc1cc(CN2CCS(=O)(=O)CC2)c2c(n1)CCC2)C1CC1. The highest BCUT2D eigenvalue weighted by Crippen LogP contribution is 2.45. The lowest BCUT2D eigenvalue weighted by molar-refractivity contribution is -0.124. The largest absolute Gasteiger partial charge is 0.310 e. The fourth-order valence-corrected chi connectivity index (χ4v) is 5.53. The average Bonchev–Trinajstić information content (AvgIpc) is 3.36. The van der Waals surface area contributed by atoms with Crippen molar-refractivity contribution in [1.29, 1.82) is 0 Å². The highest BCUT2D eigenvalue weighted by Gasteiger charge is 2.43. The highest BCUT2D eigenvalue weighted by molar-refractivity contribution is 7.91. The molecular formula is C20H29N3O3S. The average molecular weight is 392 g/mol. The predicted molar refractivity (Wildman–Crippen MR) is 105 cm³/mol. The van der Waals surface area contributed by atoms with Crippen LogP contribution in [0.2, 0.25) is 0 Å². The molecule has 2 fully saturated rings. The topological polar surface area (TPSA) is 79.4 Å². The fourth-order valence-electron chi connectivity index (χ4n) is 4.25. The molecule has 1 amide bonds. The van der Waals surface area contributed by atoms with Crippen molar-refractivity contribution in [3.63, 3.8) is 0 Å². The van der Waals surface area contributed by atoms with Gasteiger partial charge in [0.25, 0.3) is 0 Å². The smallest absolute Gasteiger partial charge is 0.231 e. The Morgan fingerprint density at radius 1 is 1.26 bits per heavy atom. The monoisotopic (exact) mass is 391 g/mol. The molecule has 148 valence electrons. The van der Waals surface area contributed by atoms with E-state index in [2.05, 4.69) is 10.2 Å². The number of rotatable bonds is 5. The molecule has 1 aromatic heterocycles. The molecule has 27 heavy (non-hydrogen) atoms. The van der Waals surface area contributed by atoms with Crippen LogP contribution in [0.15, 0.2) is 6.07 Å². The fraction of sp³-hybridized carbons (Fsp3) is 0.700. The molecule has 0 atom stereocenters. The summed E-state index contributed by atoms with van der Waals surface area (Å²) in [5, 5.41) is 3.06. The molecule has 1 aliphatic heterocycles. The van der Waals surface area contributed by atoms with Gasteiger partial charge in [0.05, 0.1) is 11.5 Å². The number of sulfone groups is 1. The molecule has 2 heterocycles. The minimum absolute atomic E-state index is 0.0467. The molecule has 4 rings (SSSR count). The van der Waals surface area contributed by atoms with Gasteiger partial charge in [0.1, 0.15) is 5.82 Å². The molecular weight excluding hydrogens is 362 g/mol. The first-order valence-electron chi connectivity index (χ1n) is 10.0. The second kappa shape index (κ2) is 6.85. The van der Waals surface area contributed by atoms with Gasteiger partial charge >= 0.3 is 0 Å². The summed E-state index contributed by atoms with van der Waals surface area (Å²) < 4.78 is 23.4. The lowest BCUT2D eigenvalue weighted by Crippen LogP contribution is -2.39.